The number of rotatable bonds is 5. The van der Waals surface area contributed by atoms with Crippen molar-refractivity contribution in [2.24, 2.45) is 0 Å². The van der Waals surface area contributed by atoms with Crippen LogP contribution in [0.5, 0.6) is 0 Å². The summed E-state index contributed by atoms with van der Waals surface area (Å²) in [5.41, 5.74) is 3.08. The molecule has 1 aliphatic rings. The largest absolute Gasteiger partial charge is 0.334 e. The minimum atomic E-state index is -0.137. The number of nitrogens with one attached hydrogen (secondary N) is 1. The van der Waals surface area contributed by atoms with E-state index in [0.717, 1.165) is 30.8 Å². The van der Waals surface area contributed by atoms with Crippen molar-refractivity contribution in [3.63, 3.8) is 0 Å². The van der Waals surface area contributed by atoms with E-state index in [1.807, 2.05) is 35.2 Å². The van der Waals surface area contributed by atoms with Crippen LogP contribution < -0.4 is 5.32 Å². The first-order valence-electron chi connectivity index (χ1n) is 9.16. The van der Waals surface area contributed by atoms with Gasteiger partial charge in [-0.15, -0.1) is 0 Å². The number of halogens is 1. The van der Waals surface area contributed by atoms with E-state index >= 15 is 0 Å². The predicted octanol–water partition coefficient (Wildman–Crippen LogP) is 3.20. The molecule has 1 fully saturated rings. The predicted molar refractivity (Wildman–Crippen MR) is 102 cm³/mol. The van der Waals surface area contributed by atoms with Crippen LogP contribution in [0.3, 0.4) is 0 Å². The van der Waals surface area contributed by atoms with Crippen molar-refractivity contribution >= 4 is 6.03 Å². The Morgan fingerprint density at radius 2 is 1.65 bits per heavy atom. The van der Waals surface area contributed by atoms with Gasteiger partial charge in [0.05, 0.1) is 0 Å². The van der Waals surface area contributed by atoms with Crippen LogP contribution in [0.15, 0.2) is 48.5 Å². The Labute approximate surface area is 154 Å². The van der Waals surface area contributed by atoms with Crippen molar-refractivity contribution in [3.05, 3.63) is 71.0 Å². The molecular weight excluding hydrogens is 329 g/mol. The summed E-state index contributed by atoms with van der Waals surface area (Å²) in [5.74, 6) is -0.137. The van der Waals surface area contributed by atoms with Crippen molar-refractivity contribution in [1.82, 2.24) is 15.1 Å². The highest BCUT2D eigenvalue weighted by Crippen LogP contribution is 2.10. The Hall–Kier alpha value is -2.40. The van der Waals surface area contributed by atoms with Crippen LogP contribution in [0.25, 0.3) is 0 Å². The summed E-state index contributed by atoms with van der Waals surface area (Å²) in [7, 11) is 0. The molecule has 0 radical (unpaired) electrons. The summed E-state index contributed by atoms with van der Waals surface area (Å²) in [6, 6.07) is 15.0. The van der Waals surface area contributed by atoms with Gasteiger partial charge in [0.15, 0.2) is 0 Å². The summed E-state index contributed by atoms with van der Waals surface area (Å²) in [6.07, 6.45) is 0.701. The van der Waals surface area contributed by atoms with E-state index in [0.29, 0.717) is 26.1 Å². The molecule has 1 aliphatic heterocycles. The summed E-state index contributed by atoms with van der Waals surface area (Å²) < 4.78 is 13.7. The number of amides is 2. The summed E-state index contributed by atoms with van der Waals surface area (Å²) >= 11 is 0. The van der Waals surface area contributed by atoms with Crippen molar-refractivity contribution < 1.29 is 9.18 Å². The van der Waals surface area contributed by atoms with Gasteiger partial charge in [0, 0.05) is 39.3 Å². The molecule has 4 nitrogen and oxygen atoms in total. The number of carbonyl (C=O) groups excluding carboxylic acids is 1. The molecule has 2 aromatic carbocycles. The Bertz CT molecular complexity index is 742. The number of hydrogen-bond acceptors (Lipinski definition) is 2. The maximum Gasteiger partial charge on any atom is 0.317 e. The highest BCUT2D eigenvalue weighted by molar-refractivity contribution is 5.74. The fourth-order valence-corrected chi connectivity index (χ4v) is 3.25. The molecule has 0 bridgehead atoms. The van der Waals surface area contributed by atoms with Gasteiger partial charge in [-0.3, -0.25) is 4.90 Å². The van der Waals surface area contributed by atoms with Gasteiger partial charge in [-0.25, -0.2) is 9.18 Å². The molecule has 1 saturated heterocycles. The monoisotopic (exact) mass is 355 g/mol. The first-order chi connectivity index (χ1) is 12.6. The second kappa shape index (κ2) is 8.81. The topological polar surface area (TPSA) is 35.6 Å². The van der Waals surface area contributed by atoms with Crippen molar-refractivity contribution in [1.29, 1.82) is 0 Å². The Kier molecular flexibility index (Phi) is 6.23. The molecule has 0 unspecified atom stereocenters. The van der Waals surface area contributed by atoms with E-state index in [-0.39, 0.29) is 11.8 Å². The smallest absolute Gasteiger partial charge is 0.317 e. The van der Waals surface area contributed by atoms with Crippen LogP contribution in [-0.2, 0) is 13.0 Å². The van der Waals surface area contributed by atoms with Crippen LogP contribution in [0.2, 0.25) is 0 Å². The fourth-order valence-electron chi connectivity index (χ4n) is 3.25. The zero-order valence-corrected chi connectivity index (χ0v) is 15.2. The van der Waals surface area contributed by atoms with E-state index < -0.39 is 0 Å². The molecule has 0 aliphatic carbocycles. The highest BCUT2D eigenvalue weighted by Gasteiger charge is 2.20. The number of hydrogen-bond donors (Lipinski definition) is 1. The second-order valence-electron chi connectivity index (χ2n) is 6.76. The van der Waals surface area contributed by atoms with Crippen LogP contribution in [0.4, 0.5) is 9.18 Å². The molecule has 0 atom stereocenters. The lowest BCUT2D eigenvalue weighted by atomic mass is 10.1. The quantitative estimate of drug-likeness (QED) is 0.894. The van der Waals surface area contributed by atoms with E-state index in [1.54, 1.807) is 6.07 Å². The molecular formula is C21H26FN3O. The molecule has 0 aromatic heterocycles. The minimum absolute atomic E-state index is 0.0120. The molecule has 2 aromatic rings. The fraction of sp³-hybridized carbons (Fsp3) is 0.381. The van der Waals surface area contributed by atoms with Crippen LogP contribution in [0.1, 0.15) is 16.7 Å². The molecule has 0 spiro atoms. The summed E-state index contributed by atoms with van der Waals surface area (Å²) in [4.78, 5) is 16.5. The normalized spacial score (nSPS) is 15.1. The van der Waals surface area contributed by atoms with Crippen LogP contribution in [-0.4, -0.2) is 48.6 Å². The number of nitrogens with zero attached hydrogens (tertiary/aromatic N) is 2. The van der Waals surface area contributed by atoms with Crippen LogP contribution in [0, 0.1) is 12.7 Å². The molecule has 0 saturated carbocycles. The minimum Gasteiger partial charge on any atom is -0.334 e. The molecule has 138 valence electrons. The molecule has 3 rings (SSSR count). The van der Waals surface area contributed by atoms with Gasteiger partial charge >= 0.3 is 6.03 Å². The number of carbonyl (C=O) groups is 1. The van der Waals surface area contributed by atoms with Gasteiger partial charge in [-0.2, -0.15) is 0 Å². The lowest BCUT2D eigenvalue weighted by Gasteiger charge is -2.34. The van der Waals surface area contributed by atoms with E-state index in [9.17, 15) is 9.18 Å². The SMILES string of the molecule is Cc1ccccc1CNC(=O)N1CCN(CCc2ccccc2F)CC1. The molecule has 1 heterocycles. The van der Waals surface area contributed by atoms with E-state index in [2.05, 4.69) is 23.2 Å². The number of piperazine rings is 1. The number of urea groups is 1. The second-order valence-corrected chi connectivity index (χ2v) is 6.76. The van der Waals surface area contributed by atoms with Crippen molar-refractivity contribution in [2.45, 2.75) is 19.9 Å². The standard InChI is InChI=1S/C21H26FN3O/c1-17-6-2-3-8-19(17)16-23-21(26)25-14-12-24(13-15-25)11-10-18-7-4-5-9-20(18)22/h2-9H,10-16H2,1H3,(H,23,26). The lowest BCUT2D eigenvalue weighted by molar-refractivity contribution is 0.139. The Morgan fingerprint density at radius 3 is 2.35 bits per heavy atom. The van der Waals surface area contributed by atoms with Gasteiger partial charge in [0.25, 0.3) is 0 Å². The van der Waals surface area contributed by atoms with E-state index in [4.69, 9.17) is 0 Å². The van der Waals surface area contributed by atoms with Crippen molar-refractivity contribution in [3.8, 4) is 0 Å². The zero-order valence-electron chi connectivity index (χ0n) is 15.2. The average Bonchev–Trinajstić information content (AvgIpc) is 2.67. The van der Waals surface area contributed by atoms with E-state index in [1.165, 1.54) is 11.6 Å². The first-order valence-corrected chi connectivity index (χ1v) is 9.16. The summed E-state index contributed by atoms with van der Waals surface area (Å²) in [6.45, 7) is 6.49. The van der Waals surface area contributed by atoms with Crippen molar-refractivity contribution in [2.75, 3.05) is 32.7 Å². The molecule has 26 heavy (non-hydrogen) atoms. The van der Waals surface area contributed by atoms with Gasteiger partial charge in [-0.05, 0) is 36.1 Å². The highest BCUT2D eigenvalue weighted by atomic mass is 19.1. The van der Waals surface area contributed by atoms with Crippen LogP contribution >= 0.6 is 0 Å². The zero-order chi connectivity index (χ0) is 18.4. The Morgan fingerprint density at radius 1 is 1.00 bits per heavy atom. The van der Waals surface area contributed by atoms with Gasteiger partial charge in [0.2, 0.25) is 0 Å². The number of benzene rings is 2. The lowest BCUT2D eigenvalue weighted by Crippen LogP contribution is -2.51. The summed E-state index contributed by atoms with van der Waals surface area (Å²) in [5, 5.41) is 3.01. The number of aryl methyl sites for hydroxylation is 1. The van der Waals surface area contributed by atoms with Gasteiger partial charge in [0.1, 0.15) is 5.82 Å². The Balaban J connectivity index is 1.41. The third-order valence-electron chi connectivity index (χ3n) is 5.01. The molecule has 1 N–H and O–H groups in total. The van der Waals surface area contributed by atoms with Gasteiger partial charge in [-0.1, -0.05) is 42.5 Å². The van der Waals surface area contributed by atoms with Gasteiger partial charge < -0.3 is 10.2 Å². The first kappa shape index (κ1) is 18.4. The molecule has 2 amide bonds. The third-order valence-corrected chi connectivity index (χ3v) is 5.01. The average molecular weight is 355 g/mol. The molecule has 5 heteroatoms. The maximum atomic E-state index is 13.7. The maximum absolute atomic E-state index is 13.7. The third kappa shape index (κ3) is 4.82.